The van der Waals surface area contributed by atoms with Crippen molar-refractivity contribution in [3.05, 3.63) is 69.7 Å². The molecule has 0 aliphatic heterocycles. The summed E-state index contributed by atoms with van der Waals surface area (Å²) < 4.78 is 39.6. The van der Waals surface area contributed by atoms with E-state index in [2.05, 4.69) is 15.5 Å². The van der Waals surface area contributed by atoms with Gasteiger partial charge in [0.15, 0.2) is 5.69 Å². The van der Waals surface area contributed by atoms with Crippen LogP contribution in [0.25, 0.3) is 11.1 Å². The summed E-state index contributed by atoms with van der Waals surface area (Å²) in [4.78, 5) is 20.4. The summed E-state index contributed by atoms with van der Waals surface area (Å²) in [7, 11) is 1.46. The Labute approximate surface area is 175 Å². The number of nitrogens with one attached hydrogen (secondary N) is 1. The van der Waals surface area contributed by atoms with Crippen LogP contribution in [0.15, 0.2) is 53.7 Å². The number of aryl methyl sites for hydroxylation is 1. The minimum absolute atomic E-state index is 0.171. The zero-order valence-electron chi connectivity index (χ0n) is 16.4. The van der Waals surface area contributed by atoms with Crippen molar-refractivity contribution in [1.29, 1.82) is 0 Å². The van der Waals surface area contributed by atoms with Gasteiger partial charge in [-0.3, -0.25) is 4.79 Å². The molecule has 0 saturated heterocycles. The van der Waals surface area contributed by atoms with Gasteiger partial charge in [0, 0.05) is 11.3 Å². The number of para-hydroxylation sites is 1. The quantitative estimate of drug-likeness (QED) is 0.411. The van der Waals surface area contributed by atoms with E-state index in [1.165, 1.54) is 14.0 Å². The number of halogens is 3. The Hall–Kier alpha value is -3.20. The van der Waals surface area contributed by atoms with Crippen LogP contribution in [0.4, 0.5) is 18.9 Å². The number of nitrogens with zero attached hydrogens (tertiary/aromatic N) is 2. The van der Waals surface area contributed by atoms with Crippen molar-refractivity contribution in [2.24, 2.45) is 5.16 Å². The first-order valence-corrected chi connectivity index (χ1v) is 9.66. The van der Waals surface area contributed by atoms with E-state index in [1.54, 1.807) is 24.3 Å². The molecule has 5 nitrogen and oxygen atoms in total. The first kappa shape index (κ1) is 21.5. The van der Waals surface area contributed by atoms with Crippen LogP contribution >= 0.6 is 11.3 Å². The number of amides is 1. The van der Waals surface area contributed by atoms with E-state index < -0.39 is 22.7 Å². The van der Waals surface area contributed by atoms with Crippen molar-refractivity contribution in [1.82, 2.24) is 4.98 Å². The molecule has 0 unspecified atom stereocenters. The Morgan fingerprint density at radius 3 is 2.43 bits per heavy atom. The molecular formula is C21H18F3N3O2S. The van der Waals surface area contributed by atoms with Crippen LogP contribution < -0.4 is 5.32 Å². The van der Waals surface area contributed by atoms with E-state index in [1.807, 2.05) is 31.2 Å². The molecule has 0 saturated carbocycles. The van der Waals surface area contributed by atoms with Gasteiger partial charge in [-0.25, -0.2) is 4.98 Å². The molecule has 1 heterocycles. The summed E-state index contributed by atoms with van der Waals surface area (Å²) in [5, 5.41) is 6.65. The van der Waals surface area contributed by atoms with E-state index in [-0.39, 0.29) is 5.01 Å². The molecule has 1 amide bonds. The van der Waals surface area contributed by atoms with Crippen LogP contribution in [0.5, 0.6) is 0 Å². The molecule has 9 heteroatoms. The third-order valence-corrected chi connectivity index (χ3v) is 5.20. The van der Waals surface area contributed by atoms with Gasteiger partial charge in [-0.05, 0) is 31.0 Å². The van der Waals surface area contributed by atoms with E-state index in [4.69, 9.17) is 4.84 Å². The smallest absolute Gasteiger partial charge is 0.399 e. The predicted molar refractivity (Wildman–Crippen MR) is 111 cm³/mol. The van der Waals surface area contributed by atoms with Gasteiger partial charge >= 0.3 is 6.18 Å². The van der Waals surface area contributed by atoms with Gasteiger partial charge in [-0.15, -0.1) is 11.3 Å². The number of hydrogen-bond acceptors (Lipinski definition) is 5. The molecule has 2 aromatic carbocycles. The average Bonchev–Trinajstić information content (AvgIpc) is 3.11. The summed E-state index contributed by atoms with van der Waals surface area (Å²) >= 11 is 0.712. The lowest BCUT2D eigenvalue weighted by atomic mass is 10.0. The lowest BCUT2D eigenvalue weighted by Crippen LogP contribution is -2.17. The monoisotopic (exact) mass is 433 g/mol. The van der Waals surface area contributed by atoms with Crippen LogP contribution in [0, 0.1) is 6.92 Å². The molecule has 1 aromatic heterocycles. The third kappa shape index (κ3) is 4.68. The van der Waals surface area contributed by atoms with Crippen molar-refractivity contribution in [2.75, 3.05) is 12.4 Å². The lowest BCUT2D eigenvalue weighted by Gasteiger charge is -2.12. The van der Waals surface area contributed by atoms with Gasteiger partial charge in [0.05, 0.1) is 10.7 Å². The molecular weight excluding hydrogens is 415 g/mol. The van der Waals surface area contributed by atoms with E-state index in [0.717, 1.165) is 11.1 Å². The number of anilines is 1. The van der Waals surface area contributed by atoms with Crippen LogP contribution in [-0.4, -0.2) is 23.7 Å². The molecule has 1 N–H and O–H groups in total. The number of carbonyl (C=O) groups excluding carboxylic acids is 1. The molecule has 0 atom stereocenters. The van der Waals surface area contributed by atoms with Crippen LogP contribution in [0.3, 0.4) is 0 Å². The Morgan fingerprint density at radius 1 is 1.13 bits per heavy atom. The molecule has 0 bridgehead atoms. The van der Waals surface area contributed by atoms with Crippen LogP contribution in [0.2, 0.25) is 0 Å². The molecule has 0 radical (unpaired) electrons. The maximum absolute atomic E-state index is 13.2. The van der Waals surface area contributed by atoms with Crippen molar-refractivity contribution in [3.63, 3.8) is 0 Å². The fourth-order valence-corrected chi connectivity index (χ4v) is 3.71. The largest absolute Gasteiger partial charge is 0.435 e. The highest BCUT2D eigenvalue weighted by molar-refractivity contribution is 7.13. The van der Waals surface area contributed by atoms with E-state index in [0.29, 0.717) is 28.3 Å². The van der Waals surface area contributed by atoms with E-state index >= 15 is 0 Å². The van der Waals surface area contributed by atoms with Crippen molar-refractivity contribution >= 4 is 28.6 Å². The minimum Gasteiger partial charge on any atom is -0.399 e. The summed E-state index contributed by atoms with van der Waals surface area (Å²) in [6, 6.07) is 14.3. The van der Waals surface area contributed by atoms with Crippen molar-refractivity contribution in [2.45, 2.75) is 20.0 Å². The topological polar surface area (TPSA) is 63.6 Å². The fraction of sp³-hybridized carbons (Fsp3) is 0.190. The molecule has 0 aliphatic rings. The Balaban J connectivity index is 1.92. The second kappa shape index (κ2) is 8.66. The maximum Gasteiger partial charge on any atom is 0.435 e. The standard InChI is InChI=1S/C21H18F3N3O2S/c1-12(27-29-3)14-8-10-15(11-9-14)16-6-4-5-7-17(16)26-20(28)18-19(21(22,23)24)25-13(2)30-18/h4-11H,1-3H3,(H,26,28)/b27-12+. The minimum atomic E-state index is -4.70. The Kier molecular flexibility index (Phi) is 6.21. The number of oxime groups is 1. The normalized spacial score (nSPS) is 12.0. The molecule has 0 aliphatic carbocycles. The summed E-state index contributed by atoms with van der Waals surface area (Å²) in [5.74, 6) is -0.847. The first-order chi connectivity index (χ1) is 14.2. The van der Waals surface area contributed by atoms with Crippen molar-refractivity contribution in [3.8, 4) is 11.1 Å². The second-order valence-corrected chi connectivity index (χ2v) is 7.55. The maximum atomic E-state index is 13.2. The number of carbonyl (C=O) groups is 1. The molecule has 156 valence electrons. The highest BCUT2D eigenvalue weighted by Crippen LogP contribution is 2.35. The first-order valence-electron chi connectivity index (χ1n) is 8.84. The number of rotatable bonds is 5. The molecule has 3 aromatic rings. The van der Waals surface area contributed by atoms with Gasteiger partial charge in [0.2, 0.25) is 0 Å². The van der Waals surface area contributed by atoms with Gasteiger partial charge < -0.3 is 10.2 Å². The van der Waals surface area contributed by atoms with E-state index in [9.17, 15) is 18.0 Å². The predicted octanol–water partition coefficient (Wildman–Crippen LogP) is 5.76. The van der Waals surface area contributed by atoms with Gasteiger partial charge in [0.25, 0.3) is 5.91 Å². The van der Waals surface area contributed by atoms with Gasteiger partial charge in [-0.1, -0.05) is 47.6 Å². The third-order valence-electron chi connectivity index (χ3n) is 4.23. The number of benzene rings is 2. The zero-order valence-corrected chi connectivity index (χ0v) is 17.2. The highest BCUT2D eigenvalue weighted by Gasteiger charge is 2.39. The summed E-state index contributed by atoms with van der Waals surface area (Å²) in [5.41, 5.74) is 2.25. The molecule has 0 spiro atoms. The SMILES string of the molecule is CO/N=C(\C)c1ccc(-c2ccccc2NC(=O)c2sc(C)nc2C(F)(F)F)cc1. The summed E-state index contributed by atoms with van der Waals surface area (Å²) in [6.45, 7) is 3.24. The van der Waals surface area contributed by atoms with Gasteiger partial charge in [-0.2, -0.15) is 13.2 Å². The lowest BCUT2D eigenvalue weighted by molar-refractivity contribution is -0.141. The number of alkyl halides is 3. The summed E-state index contributed by atoms with van der Waals surface area (Å²) in [6.07, 6.45) is -4.70. The van der Waals surface area contributed by atoms with Crippen LogP contribution in [0.1, 0.15) is 32.9 Å². The zero-order chi connectivity index (χ0) is 21.9. The number of thiazole rings is 1. The Morgan fingerprint density at radius 2 is 1.80 bits per heavy atom. The number of aromatic nitrogens is 1. The number of hydrogen-bond donors (Lipinski definition) is 1. The average molecular weight is 433 g/mol. The molecule has 0 fully saturated rings. The second-order valence-electron chi connectivity index (χ2n) is 6.34. The fourth-order valence-electron chi connectivity index (χ4n) is 2.88. The van der Waals surface area contributed by atoms with Crippen molar-refractivity contribution < 1.29 is 22.8 Å². The highest BCUT2D eigenvalue weighted by atomic mass is 32.1. The van der Waals surface area contributed by atoms with Crippen LogP contribution in [-0.2, 0) is 11.0 Å². The molecule has 3 rings (SSSR count). The van der Waals surface area contributed by atoms with Gasteiger partial charge in [0.1, 0.15) is 12.0 Å². The Bertz CT molecular complexity index is 1090. The molecule has 30 heavy (non-hydrogen) atoms.